The molecule has 1 N–H and O–H groups in total. The lowest BCUT2D eigenvalue weighted by Gasteiger charge is -2.03. The summed E-state index contributed by atoms with van der Waals surface area (Å²) in [5.74, 6) is -0.880. The first kappa shape index (κ1) is 19.3. The minimum absolute atomic E-state index is 0.337. The van der Waals surface area contributed by atoms with Crippen molar-refractivity contribution in [2.24, 2.45) is 0 Å². The van der Waals surface area contributed by atoms with Crippen molar-refractivity contribution in [1.82, 2.24) is 4.98 Å². The third kappa shape index (κ3) is 4.81. The van der Waals surface area contributed by atoms with E-state index in [0.717, 1.165) is 28.1 Å². The summed E-state index contributed by atoms with van der Waals surface area (Å²) in [5.41, 5.74) is 4.04. The Morgan fingerprint density at radius 3 is 2.59 bits per heavy atom. The number of ether oxygens (including phenoxy) is 1. The molecule has 2 heterocycles. The van der Waals surface area contributed by atoms with E-state index in [4.69, 9.17) is 4.74 Å². The van der Waals surface area contributed by atoms with Gasteiger partial charge in [-0.1, -0.05) is 36.8 Å². The molecule has 0 unspecified atom stereocenters. The molecule has 3 aromatic rings. The summed E-state index contributed by atoms with van der Waals surface area (Å²) in [7, 11) is 0. The fourth-order valence-electron chi connectivity index (χ4n) is 2.52. The van der Waals surface area contributed by atoms with Crippen molar-refractivity contribution in [2.75, 3.05) is 11.9 Å². The van der Waals surface area contributed by atoms with Crippen molar-refractivity contribution in [3.63, 3.8) is 0 Å². The second-order valence-electron chi connectivity index (χ2n) is 6.10. The van der Waals surface area contributed by atoms with Crippen molar-refractivity contribution < 1.29 is 14.3 Å². The number of rotatable bonds is 6. The predicted octanol–water partition coefficient (Wildman–Crippen LogP) is 4.85. The van der Waals surface area contributed by atoms with Crippen LogP contribution in [0.25, 0.3) is 11.3 Å². The Morgan fingerprint density at radius 1 is 1.19 bits per heavy atom. The Hall–Kier alpha value is -2.51. The molecule has 0 fully saturated rings. The average molecular weight is 401 g/mol. The second-order valence-corrected chi connectivity index (χ2v) is 8.09. The maximum absolute atomic E-state index is 12.1. The van der Waals surface area contributed by atoms with Crippen LogP contribution in [0, 0.1) is 13.8 Å². The molecule has 0 aliphatic rings. The van der Waals surface area contributed by atoms with Gasteiger partial charge in [-0.15, -0.1) is 22.7 Å². The van der Waals surface area contributed by atoms with Crippen molar-refractivity contribution in [2.45, 2.75) is 27.2 Å². The van der Waals surface area contributed by atoms with Crippen molar-refractivity contribution in [3.05, 3.63) is 56.6 Å². The number of hydrogen-bond acceptors (Lipinski definition) is 6. The Balaban J connectivity index is 1.55. The van der Waals surface area contributed by atoms with Crippen LogP contribution in [0.2, 0.25) is 0 Å². The highest BCUT2D eigenvalue weighted by molar-refractivity contribution is 7.14. The summed E-state index contributed by atoms with van der Waals surface area (Å²) in [6.07, 6.45) is 0.873. The van der Waals surface area contributed by atoms with Crippen LogP contribution in [0.5, 0.6) is 0 Å². The normalized spacial score (nSPS) is 10.6. The first-order valence-corrected chi connectivity index (χ1v) is 10.2. The summed E-state index contributed by atoms with van der Waals surface area (Å²) in [6.45, 7) is 5.70. The lowest BCUT2D eigenvalue weighted by Crippen LogP contribution is -2.20. The number of hydrogen-bond donors (Lipinski definition) is 1. The van der Waals surface area contributed by atoms with Gasteiger partial charge in [-0.3, -0.25) is 10.1 Å². The third-order valence-corrected chi connectivity index (χ3v) is 6.09. The van der Waals surface area contributed by atoms with E-state index in [1.807, 2.05) is 50.4 Å². The van der Waals surface area contributed by atoms with Gasteiger partial charge in [0.05, 0.1) is 5.69 Å². The van der Waals surface area contributed by atoms with Crippen molar-refractivity contribution in [3.8, 4) is 11.3 Å². The van der Waals surface area contributed by atoms with Crippen LogP contribution in [-0.2, 0) is 16.0 Å². The van der Waals surface area contributed by atoms with E-state index >= 15 is 0 Å². The number of thiophene rings is 1. The van der Waals surface area contributed by atoms with Crippen LogP contribution < -0.4 is 5.32 Å². The highest BCUT2D eigenvalue weighted by Crippen LogP contribution is 2.25. The lowest BCUT2D eigenvalue weighted by molar-refractivity contribution is -0.119. The van der Waals surface area contributed by atoms with Gasteiger partial charge < -0.3 is 4.74 Å². The molecule has 0 aliphatic carbocycles. The highest BCUT2D eigenvalue weighted by Gasteiger charge is 2.15. The summed E-state index contributed by atoms with van der Waals surface area (Å²) >= 11 is 2.74. The van der Waals surface area contributed by atoms with Gasteiger partial charge in [0.1, 0.15) is 4.88 Å². The van der Waals surface area contributed by atoms with Crippen LogP contribution in [0.15, 0.2) is 35.7 Å². The maximum atomic E-state index is 12.1. The van der Waals surface area contributed by atoms with Crippen LogP contribution >= 0.6 is 22.7 Å². The molecule has 0 aliphatic heterocycles. The molecule has 27 heavy (non-hydrogen) atoms. The molecule has 5 nitrogen and oxygen atoms in total. The van der Waals surface area contributed by atoms with E-state index < -0.39 is 11.9 Å². The number of carbonyl (C=O) groups is 2. The molecular formula is C20H20N2O3S2. The summed E-state index contributed by atoms with van der Waals surface area (Å²) in [5, 5.41) is 5.03. The van der Waals surface area contributed by atoms with Gasteiger partial charge in [0.2, 0.25) is 0 Å². The van der Waals surface area contributed by atoms with Crippen LogP contribution in [0.4, 0.5) is 5.13 Å². The molecule has 1 aromatic carbocycles. The molecule has 7 heteroatoms. The zero-order chi connectivity index (χ0) is 19.4. The average Bonchev–Trinajstić information content (AvgIpc) is 3.26. The Morgan fingerprint density at radius 2 is 1.93 bits per heavy atom. The van der Waals surface area contributed by atoms with E-state index in [-0.39, 0.29) is 6.61 Å². The monoisotopic (exact) mass is 400 g/mol. The highest BCUT2D eigenvalue weighted by atomic mass is 32.1. The van der Waals surface area contributed by atoms with Crippen LogP contribution in [0.3, 0.4) is 0 Å². The van der Waals surface area contributed by atoms with E-state index in [0.29, 0.717) is 10.0 Å². The minimum atomic E-state index is -0.475. The Kier molecular flexibility index (Phi) is 6.03. The Bertz CT molecular complexity index is 958. The molecule has 140 valence electrons. The number of aromatic nitrogens is 1. The number of carbonyl (C=O) groups excluding carboxylic acids is 2. The largest absolute Gasteiger partial charge is 0.451 e. The molecule has 1 amide bonds. The van der Waals surface area contributed by atoms with Gasteiger partial charge in [-0.05, 0) is 31.9 Å². The lowest BCUT2D eigenvalue weighted by atomic mass is 10.1. The quantitative estimate of drug-likeness (QED) is 0.601. The number of esters is 1. The number of benzene rings is 1. The number of aryl methyl sites for hydroxylation is 3. The van der Waals surface area contributed by atoms with Gasteiger partial charge in [0.25, 0.3) is 5.91 Å². The minimum Gasteiger partial charge on any atom is -0.451 e. The molecular weight excluding hydrogens is 380 g/mol. The third-order valence-electron chi connectivity index (χ3n) is 3.98. The van der Waals surface area contributed by atoms with E-state index in [1.54, 1.807) is 6.07 Å². The first-order valence-electron chi connectivity index (χ1n) is 8.55. The van der Waals surface area contributed by atoms with Gasteiger partial charge >= 0.3 is 5.97 Å². The van der Waals surface area contributed by atoms with Crippen molar-refractivity contribution >= 4 is 39.7 Å². The SMILES string of the molecule is CCc1sc(C(=O)OCC(=O)Nc2nc(-c3ccc(C)cc3)cs2)cc1C. The second kappa shape index (κ2) is 8.45. The fraction of sp³-hybridized carbons (Fsp3) is 0.250. The van der Waals surface area contributed by atoms with Crippen LogP contribution in [-0.4, -0.2) is 23.5 Å². The summed E-state index contributed by atoms with van der Waals surface area (Å²) in [6, 6.07) is 9.82. The predicted molar refractivity (Wildman–Crippen MR) is 110 cm³/mol. The van der Waals surface area contributed by atoms with Gasteiger partial charge in [0, 0.05) is 15.8 Å². The summed E-state index contributed by atoms with van der Waals surface area (Å²) < 4.78 is 5.12. The molecule has 0 saturated heterocycles. The van der Waals surface area contributed by atoms with E-state index in [9.17, 15) is 9.59 Å². The molecule has 0 bridgehead atoms. The number of nitrogens with zero attached hydrogens (tertiary/aromatic N) is 1. The van der Waals surface area contributed by atoms with Gasteiger partial charge in [0.15, 0.2) is 11.7 Å². The topological polar surface area (TPSA) is 68.3 Å². The molecule has 3 rings (SSSR count). The Labute approximate surface area is 166 Å². The standard InChI is InChI=1S/C20H20N2O3S2/c1-4-16-13(3)9-17(27-16)19(24)25-10-18(23)22-20-21-15(11-26-20)14-7-5-12(2)6-8-14/h5-9,11H,4,10H2,1-3H3,(H,21,22,23). The summed E-state index contributed by atoms with van der Waals surface area (Å²) in [4.78, 5) is 30.2. The zero-order valence-corrected chi connectivity index (χ0v) is 17.0. The molecule has 0 spiro atoms. The zero-order valence-electron chi connectivity index (χ0n) is 15.4. The molecule has 0 saturated carbocycles. The number of amides is 1. The molecule has 0 atom stereocenters. The van der Waals surface area contributed by atoms with Gasteiger partial charge in [-0.25, -0.2) is 9.78 Å². The van der Waals surface area contributed by atoms with E-state index in [2.05, 4.69) is 10.3 Å². The smallest absolute Gasteiger partial charge is 0.348 e. The van der Waals surface area contributed by atoms with E-state index in [1.165, 1.54) is 28.2 Å². The maximum Gasteiger partial charge on any atom is 0.348 e. The number of thiazole rings is 1. The van der Waals surface area contributed by atoms with Gasteiger partial charge in [-0.2, -0.15) is 0 Å². The molecule has 0 radical (unpaired) electrons. The van der Waals surface area contributed by atoms with Crippen molar-refractivity contribution in [1.29, 1.82) is 0 Å². The fourth-order valence-corrected chi connectivity index (χ4v) is 4.26. The number of nitrogens with one attached hydrogen (secondary N) is 1. The first-order chi connectivity index (χ1) is 13.0. The number of anilines is 1. The van der Waals surface area contributed by atoms with Crippen LogP contribution in [0.1, 0.15) is 32.6 Å². The molecule has 2 aromatic heterocycles.